The molecule has 7 nitrogen and oxygen atoms in total. The zero-order valence-corrected chi connectivity index (χ0v) is 17.7. The van der Waals surface area contributed by atoms with Crippen LogP contribution in [0, 0.1) is 5.82 Å². The van der Waals surface area contributed by atoms with Gasteiger partial charge in [0.1, 0.15) is 17.4 Å². The van der Waals surface area contributed by atoms with E-state index in [0.29, 0.717) is 11.4 Å². The quantitative estimate of drug-likeness (QED) is 0.440. The minimum Gasteiger partial charge on any atom is -0.454 e. The fourth-order valence-corrected chi connectivity index (χ4v) is 4.58. The van der Waals surface area contributed by atoms with Gasteiger partial charge in [-0.25, -0.2) is 18.9 Å². The lowest BCUT2D eigenvalue weighted by Crippen LogP contribution is -2.10. The smallest absolute Gasteiger partial charge is 0.359 e. The molecule has 0 atom stereocenters. The Kier molecular flexibility index (Phi) is 5.11. The van der Waals surface area contributed by atoms with Crippen molar-refractivity contribution in [3.05, 3.63) is 70.5 Å². The summed E-state index contributed by atoms with van der Waals surface area (Å²) in [7, 11) is 1.85. The minimum atomic E-state index is -0.463. The van der Waals surface area contributed by atoms with Crippen molar-refractivity contribution in [1.82, 2.24) is 24.5 Å². The molecule has 31 heavy (non-hydrogen) atoms. The van der Waals surface area contributed by atoms with Crippen LogP contribution in [0.2, 0.25) is 0 Å². The number of esters is 1. The number of hydrogen-bond acceptors (Lipinski definition) is 6. The molecule has 1 aliphatic rings. The van der Waals surface area contributed by atoms with Crippen LogP contribution in [0.4, 0.5) is 4.39 Å². The van der Waals surface area contributed by atoms with Gasteiger partial charge in [-0.1, -0.05) is 0 Å². The molecule has 1 aliphatic carbocycles. The molecule has 1 aromatic carbocycles. The second-order valence-corrected chi connectivity index (χ2v) is 8.35. The third-order valence-corrected chi connectivity index (χ3v) is 6.24. The third kappa shape index (κ3) is 3.88. The van der Waals surface area contributed by atoms with Crippen LogP contribution >= 0.6 is 11.3 Å². The number of halogens is 1. The lowest BCUT2D eigenvalue weighted by atomic mass is 9.95. The van der Waals surface area contributed by atoms with Crippen molar-refractivity contribution in [3.63, 3.8) is 0 Å². The zero-order chi connectivity index (χ0) is 21.4. The number of hydrogen-bond donors (Lipinski definition) is 0. The van der Waals surface area contributed by atoms with Crippen molar-refractivity contribution in [2.75, 3.05) is 0 Å². The Labute approximate surface area is 182 Å². The van der Waals surface area contributed by atoms with Crippen LogP contribution in [0.15, 0.2) is 42.0 Å². The highest BCUT2D eigenvalue weighted by atomic mass is 32.1. The first-order valence-corrected chi connectivity index (χ1v) is 10.9. The highest BCUT2D eigenvalue weighted by Gasteiger charge is 2.26. The number of carbonyl (C=O) groups excluding carboxylic acids is 1. The van der Waals surface area contributed by atoms with Gasteiger partial charge in [0.15, 0.2) is 5.69 Å². The highest BCUT2D eigenvalue weighted by molar-refractivity contribution is 7.13. The van der Waals surface area contributed by atoms with E-state index in [1.807, 2.05) is 18.6 Å². The molecule has 3 aromatic heterocycles. The first-order valence-electron chi connectivity index (χ1n) is 10.1. The molecule has 4 aromatic rings. The van der Waals surface area contributed by atoms with Gasteiger partial charge < -0.3 is 4.74 Å². The fraction of sp³-hybridized carbons (Fsp3) is 0.273. The van der Waals surface area contributed by atoms with Crippen LogP contribution in [0.5, 0.6) is 0 Å². The predicted octanol–water partition coefficient (Wildman–Crippen LogP) is 4.10. The molecule has 9 heteroatoms. The minimum absolute atomic E-state index is 0.0772. The maximum atomic E-state index is 13.3. The lowest BCUT2D eigenvalue weighted by molar-refractivity contribution is 0.0459. The summed E-state index contributed by atoms with van der Waals surface area (Å²) in [5, 5.41) is 11.4. The van der Waals surface area contributed by atoms with Gasteiger partial charge in [-0.15, -0.1) is 11.3 Å². The van der Waals surface area contributed by atoms with Crippen molar-refractivity contribution in [3.8, 4) is 16.3 Å². The zero-order valence-electron chi connectivity index (χ0n) is 16.9. The van der Waals surface area contributed by atoms with E-state index in [4.69, 9.17) is 4.74 Å². The number of benzene rings is 1. The molecule has 0 amide bonds. The van der Waals surface area contributed by atoms with Crippen molar-refractivity contribution < 1.29 is 13.9 Å². The molecule has 0 fully saturated rings. The van der Waals surface area contributed by atoms with Crippen molar-refractivity contribution in [2.24, 2.45) is 7.05 Å². The number of rotatable bonds is 5. The van der Waals surface area contributed by atoms with Crippen LogP contribution in [0.3, 0.4) is 0 Å². The van der Waals surface area contributed by atoms with Gasteiger partial charge in [0, 0.05) is 35.4 Å². The molecule has 0 N–H and O–H groups in total. The van der Waals surface area contributed by atoms with Crippen LogP contribution in [0.1, 0.15) is 40.3 Å². The summed E-state index contributed by atoms with van der Waals surface area (Å²) in [6.45, 7) is 0.0772. The van der Waals surface area contributed by atoms with Gasteiger partial charge in [0.05, 0.1) is 17.6 Å². The number of nitrogens with zero attached hydrogens (tertiary/aromatic N) is 5. The van der Waals surface area contributed by atoms with Crippen LogP contribution < -0.4 is 0 Å². The third-order valence-electron chi connectivity index (χ3n) is 5.30. The van der Waals surface area contributed by atoms with Crippen LogP contribution in [-0.4, -0.2) is 30.5 Å². The topological polar surface area (TPSA) is 74.8 Å². The SMILES string of the molecule is Cn1cc(-c2nc(COC(=O)c3nn(-c4ccc(F)cc4)c4c3CCCC4)cs2)cn1. The molecule has 0 aliphatic heterocycles. The predicted molar refractivity (Wildman–Crippen MR) is 114 cm³/mol. The van der Waals surface area contributed by atoms with E-state index in [0.717, 1.165) is 53.2 Å². The molecule has 0 bridgehead atoms. The van der Waals surface area contributed by atoms with E-state index < -0.39 is 5.97 Å². The number of aromatic nitrogens is 5. The number of fused-ring (bicyclic) bond motifs is 1. The maximum absolute atomic E-state index is 13.3. The van der Waals surface area contributed by atoms with E-state index in [2.05, 4.69) is 15.2 Å². The summed E-state index contributed by atoms with van der Waals surface area (Å²) < 4.78 is 22.3. The molecule has 5 rings (SSSR count). The molecule has 0 saturated carbocycles. The first kappa shape index (κ1) is 19.6. The van der Waals surface area contributed by atoms with Gasteiger partial charge in [-0.05, 0) is 49.9 Å². The van der Waals surface area contributed by atoms with Crippen molar-refractivity contribution in [1.29, 1.82) is 0 Å². The van der Waals surface area contributed by atoms with Gasteiger partial charge in [0.25, 0.3) is 0 Å². The Bertz CT molecular complexity index is 1240. The first-order chi connectivity index (χ1) is 15.1. The second-order valence-electron chi connectivity index (χ2n) is 7.49. The Morgan fingerprint density at radius 2 is 2.03 bits per heavy atom. The summed E-state index contributed by atoms with van der Waals surface area (Å²) in [5.41, 5.74) is 4.61. The summed E-state index contributed by atoms with van der Waals surface area (Å²) in [6.07, 6.45) is 7.29. The van der Waals surface area contributed by atoms with Crippen LogP contribution in [-0.2, 0) is 31.2 Å². The average molecular weight is 438 g/mol. The largest absolute Gasteiger partial charge is 0.454 e. The average Bonchev–Trinajstić information content (AvgIpc) is 3.51. The summed E-state index contributed by atoms with van der Waals surface area (Å²) >= 11 is 1.48. The van der Waals surface area contributed by atoms with E-state index >= 15 is 0 Å². The fourth-order valence-electron chi connectivity index (χ4n) is 3.80. The number of thiazole rings is 1. The van der Waals surface area contributed by atoms with Crippen molar-refractivity contribution in [2.45, 2.75) is 32.3 Å². The van der Waals surface area contributed by atoms with Crippen LogP contribution in [0.25, 0.3) is 16.3 Å². The number of ether oxygens (including phenoxy) is 1. The summed E-state index contributed by atoms with van der Waals surface area (Å²) in [5.74, 6) is -0.770. The van der Waals surface area contributed by atoms with Gasteiger partial charge >= 0.3 is 5.97 Å². The Hall–Kier alpha value is -3.33. The molecule has 0 spiro atoms. The molecule has 0 unspecified atom stereocenters. The maximum Gasteiger partial charge on any atom is 0.359 e. The standard InChI is InChI=1S/C22H20FN5O2S/c1-27-11-14(10-24-27)21-25-16(13-31-21)12-30-22(29)20-18-4-2-3-5-19(18)28(26-20)17-8-6-15(23)7-9-17/h6-11,13H,2-5,12H2,1H3. The van der Waals surface area contributed by atoms with E-state index in [1.54, 1.807) is 27.7 Å². The number of carbonyl (C=O) groups is 1. The highest BCUT2D eigenvalue weighted by Crippen LogP contribution is 2.28. The monoisotopic (exact) mass is 437 g/mol. The van der Waals surface area contributed by atoms with Crippen molar-refractivity contribution >= 4 is 17.3 Å². The Morgan fingerprint density at radius 3 is 2.81 bits per heavy atom. The Morgan fingerprint density at radius 1 is 1.23 bits per heavy atom. The molecule has 158 valence electrons. The molecular weight excluding hydrogens is 417 g/mol. The van der Waals surface area contributed by atoms with Gasteiger partial charge in [-0.3, -0.25) is 4.68 Å². The van der Waals surface area contributed by atoms with E-state index in [1.165, 1.54) is 23.5 Å². The molecule has 0 saturated heterocycles. The molecule has 0 radical (unpaired) electrons. The number of aryl methyl sites for hydroxylation is 1. The van der Waals surface area contributed by atoms with E-state index in [9.17, 15) is 9.18 Å². The van der Waals surface area contributed by atoms with Gasteiger partial charge in [-0.2, -0.15) is 10.2 Å². The summed E-state index contributed by atoms with van der Waals surface area (Å²) in [6, 6.07) is 6.13. The normalized spacial score (nSPS) is 13.2. The Balaban J connectivity index is 1.36. The summed E-state index contributed by atoms with van der Waals surface area (Å²) in [4.78, 5) is 17.4. The van der Waals surface area contributed by atoms with E-state index in [-0.39, 0.29) is 12.4 Å². The molecule has 3 heterocycles. The molecular formula is C22H20FN5O2S. The van der Waals surface area contributed by atoms with Gasteiger partial charge in [0.2, 0.25) is 0 Å². The second kappa shape index (κ2) is 8.07. The lowest BCUT2D eigenvalue weighted by Gasteiger charge is -2.14.